The van der Waals surface area contributed by atoms with Crippen LogP contribution in [-0.4, -0.2) is 124 Å². The molecule has 1 amide bonds. The lowest BCUT2D eigenvalue weighted by Crippen LogP contribution is -2.32. The molecule has 1 aliphatic rings. The third-order valence-electron chi connectivity index (χ3n) is 7.59. The Kier molecular flexibility index (Phi) is 20.2. The summed E-state index contributed by atoms with van der Waals surface area (Å²) in [5, 5.41) is 0. The smallest absolute Gasteiger partial charge is 0.409 e. The van der Waals surface area contributed by atoms with E-state index >= 15 is 0 Å². The van der Waals surface area contributed by atoms with Gasteiger partial charge in [0, 0.05) is 26.1 Å². The molecule has 3 rings (SSSR count). The molecule has 1 aliphatic carbocycles. The average molecular weight is 646 g/mol. The fourth-order valence-electron chi connectivity index (χ4n) is 5.05. The minimum absolute atomic E-state index is 0.0471. The summed E-state index contributed by atoms with van der Waals surface area (Å²) in [4.78, 5) is 14.1. The number of nitrogens with zero attached hydrogens (tertiary/aromatic N) is 1. The second-order valence-electron chi connectivity index (χ2n) is 11.1. The van der Waals surface area contributed by atoms with Gasteiger partial charge in [0.25, 0.3) is 0 Å². The molecular formula is C36H55NO9. The Labute approximate surface area is 275 Å². The van der Waals surface area contributed by atoms with E-state index < -0.39 is 0 Å². The summed E-state index contributed by atoms with van der Waals surface area (Å²) in [6.07, 6.45) is 4.53. The number of carbonyl (C=O) groups excluding carboxylic acids is 1. The van der Waals surface area contributed by atoms with Crippen molar-refractivity contribution in [1.82, 2.24) is 4.90 Å². The summed E-state index contributed by atoms with van der Waals surface area (Å²) >= 11 is 0. The molecule has 2 aromatic carbocycles. The Morgan fingerprint density at radius 3 is 1.43 bits per heavy atom. The third kappa shape index (κ3) is 14.9. The standard InChI is InChI=1S/C36H55NO9/c1-3-4-5-10-16-39-18-20-41-22-24-43-26-28-45-29-27-44-25-23-42-21-19-40-17-15-37(2)36(38)46-30-35-33-13-8-6-11-31(33)32-12-7-9-14-34(32)35/h6-9,11-14,35H,3-5,10,15-30H2,1-2H3. The highest BCUT2D eigenvalue weighted by atomic mass is 16.6. The van der Waals surface area contributed by atoms with Crippen molar-refractivity contribution in [3.05, 3.63) is 59.7 Å². The van der Waals surface area contributed by atoms with E-state index in [0.717, 1.165) is 13.0 Å². The SMILES string of the molecule is CCCCCCOCCOCCOCCOCCOCCOCCOCCN(C)C(=O)OCC1c2ccccc2-c2ccccc21. The second kappa shape index (κ2) is 24.6. The highest BCUT2D eigenvalue weighted by molar-refractivity contribution is 5.79. The zero-order valence-electron chi connectivity index (χ0n) is 28.0. The quantitative estimate of drug-likeness (QED) is 0.110. The van der Waals surface area contributed by atoms with Gasteiger partial charge >= 0.3 is 6.09 Å². The molecule has 0 bridgehead atoms. The van der Waals surface area contributed by atoms with Crippen molar-refractivity contribution in [3.63, 3.8) is 0 Å². The third-order valence-corrected chi connectivity index (χ3v) is 7.59. The average Bonchev–Trinajstić information content (AvgIpc) is 3.40. The van der Waals surface area contributed by atoms with Gasteiger partial charge in [0.15, 0.2) is 0 Å². The van der Waals surface area contributed by atoms with Crippen molar-refractivity contribution in [1.29, 1.82) is 0 Å². The summed E-state index contributed by atoms with van der Waals surface area (Å²) in [7, 11) is 1.72. The summed E-state index contributed by atoms with van der Waals surface area (Å²) in [6, 6.07) is 16.6. The number of likely N-dealkylation sites (N-methyl/N-ethyl adjacent to an activating group) is 1. The number of fused-ring (bicyclic) bond motifs is 3. The zero-order chi connectivity index (χ0) is 32.5. The first-order valence-corrected chi connectivity index (χ1v) is 16.8. The molecular weight excluding hydrogens is 590 g/mol. The molecule has 0 spiro atoms. The van der Waals surface area contributed by atoms with Crippen LogP contribution in [0.2, 0.25) is 0 Å². The van der Waals surface area contributed by atoms with Crippen molar-refractivity contribution >= 4 is 6.09 Å². The van der Waals surface area contributed by atoms with Crippen LogP contribution in [0.15, 0.2) is 48.5 Å². The summed E-state index contributed by atoms with van der Waals surface area (Å²) < 4.78 is 44.4. The molecule has 0 unspecified atom stereocenters. The monoisotopic (exact) mass is 645 g/mol. The van der Waals surface area contributed by atoms with Gasteiger partial charge in [0.05, 0.1) is 85.9 Å². The fourth-order valence-corrected chi connectivity index (χ4v) is 5.05. The number of hydrogen-bond donors (Lipinski definition) is 0. The lowest BCUT2D eigenvalue weighted by molar-refractivity contribution is -0.0209. The lowest BCUT2D eigenvalue weighted by atomic mass is 9.98. The van der Waals surface area contributed by atoms with Crippen LogP contribution < -0.4 is 0 Å². The normalized spacial score (nSPS) is 12.3. The van der Waals surface area contributed by atoms with Gasteiger partial charge in [-0.05, 0) is 28.7 Å². The van der Waals surface area contributed by atoms with Crippen LogP contribution in [0.3, 0.4) is 0 Å². The number of hydrogen-bond acceptors (Lipinski definition) is 9. The van der Waals surface area contributed by atoms with Gasteiger partial charge in [-0.15, -0.1) is 0 Å². The molecule has 0 heterocycles. The fraction of sp³-hybridized carbons (Fsp3) is 0.639. The van der Waals surface area contributed by atoms with Gasteiger partial charge in [-0.1, -0.05) is 74.7 Å². The first kappa shape index (κ1) is 37.9. The van der Waals surface area contributed by atoms with Gasteiger partial charge in [-0.3, -0.25) is 0 Å². The zero-order valence-corrected chi connectivity index (χ0v) is 28.0. The molecule has 0 N–H and O–H groups in total. The van der Waals surface area contributed by atoms with Gasteiger partial charge in [0.2, 0.25) is 0 Å². The van der Waals surface area contributed by atoms with Gasteiger partial charge < -0.3 is 42.8 Å². The van der Waals surface area contributed by atoms with E-state index in [1.165, 1.54) is 41.5 Å². The Morgan fingerprint density at radius 1 is 0.565 bits per heavy atom. The van der Waals surface area contributed by atoms with Crippen molar-refractivity contribution in [2.45, 2.75) is 38.5 Å². The Balaban J connectivity index is 1.04. The number of amides is 1. The van der Waals surface area contributed by atoms with Gasteiger partial charge in [0.1, 0.15) is 6.61 Å². The topological polar surface area (TPSA) is 94.2 Å². The van der Waals surface area contributed by atoms with E-state index in [0.29, 0.717) is 99.0 Å². The molecule has 10 heteroatoms. The molecule has 258 valence electrons. The molecule has 0 radical (unpaired) electrons. The van der Waals surface area contributed by atoms with Crippen LogP contribution in [0.1, 0.15) is 49.7 Å². The summed E-state index contributed by atoms with van der Waals surface area (Å²) in [5.74, 6) is 0.0471. The van der Waals surface area contributed by atoms with Crippen molar-refractivity contribution in [2.24, 2.45) is 0 Å². The van der Waals surface area contributed by atoms with E-state index in [-0.39, 0.29) is 12.0 Å². The molecule has 46 heavy (non-hydrogen) atoms. The van der Waals surface area contributed by atoms with Crippen LogP contribution in [-0.2, 0) is 37.9 Å². The summed E-state index contributed by atoms with van der Waals surface area (Å²) in [5.41, 5.74) is 4.82. The number of carbonyl (C=O) groups is 1. The molecule has 0 saturated carbocycles. The molecule has 0 aromatic heterocycles. The van der Waals surface area contributed by atoms with Crippen LogP contribution in [0.4, 0.5) is 4.79 Å². The Bertz CT molecular complexity index is 1020. The molecule has 0 atom stereocenters. The van der Waals surface area contributed by atoms with Crippen LogP contribution >= 0.6 is 0 Å². The maximum Gasteiger partial charge on any atom is 0.409 e. The minimum atomic E-state index is -0.356. The van der Waals surface area contributed by atoms with Gasteiger partial charge in [-0.2, -0.15) is 0 Å². The highest BCUT2D eigenvalue weighted by Gasteiger charge is 2.29. The van der Waals surface area contributed by atoms with E-state index in [2.05, 4.69) is 31.2 Å². The van der Waals surface area contributed by atoms with Crippen molar-refractivity contribution in [2.75, 3.05) is 113 Å². The number of ether oxygens (including phenoxy) is 8. The number of unbranched alkanes of at least 4 members (excludes halogenated alkanes) is 3. The largest absolute Gasteiger partial charge is 0.448 e. The Hall–Kier alpha value is -2.57. The maximum absolute atomic E-state index is 12.6. The number of rotatable bonds is 28. The maximum atomic E-state index is 12.6. The first-order valence-electron chi connectivity index (χ1n) is 16.8. The Morgan fingerprint density at radius 2 is 0.978 bits per heavy atom. The van der Waals surface area contributed by atoms with Crippen molar-refractivity contribution < 1.29 is 42.7 Å². The van der Waals surface area contributed by atoms with Gasteiger partial charge in [-0.25, -0.2) is 4.79 Å². The van der Waals surface area contributed by atoms with E-state index in [9.17, 15) is 4.79 Å². The van der Waals surface area contributed by atoms with E-state index in [1.54, 1.807) is 11.9 Å². The lowest BCUT2D eigenvalue weighted by Gasteiger charge is -2.19. The van der Waals surface area contributed by atoms with Crippen LogP contribution in [0, 0.1) is 0 Å². The molecule has 0 fully saturated rings. The van der Waals surface area contributed by atoms with Crippen LogP contribution in [0.5, 0.6) is 0 Å². The first-order chi connectivity index (χ1) is 22.7. The molecule has 0 saturated heterocycles. The molecule has 0 aliphatic heterocycles. The summed E-state index contributed by atoms with van der Waals surface area (Å²) in [6.45, 7) is 10.5. The second-order valence-corrected chi connectivity index (χ2v) is 11.1. The van der Waals surface area contributed by atoms with E-state index in [1.807, 2.05) is 24.3 Å². The predicted molar refractivity (Wildman–Crippen MR) is 178 cm³/mol. The number of benzene rings is 2. The van der Waals surface area contributed by atoms with E-state index in [4.69, 9.17) is 37.9 Å². The molecule has 2 aromatic rings. The predicted octanol–water partition coefficient (Wildman–Crippen LogP) is 5.56. The minimum Gasteiger partial charge on any atom is -0.448 e. The van der Waals surface area contributed by atoms with Crippen LogP contribution in [0.25, 0.3) is 11.1 Å². The highest BCUT2D eigenvalue weighted by Crippen LogP contribution is 2.44. The molecule has 10 nitrogen and oxygen atoms in total. The van der Waals surface area contributed by atoms with Crippen molar-refractivity contribution in [3.8, 4) is 11.1 Å².